The van der Waals surface area contributed by atoms with E-state index in [2.05, 4.69) is 136 Å². The molecule has 4 heteroatoms. The zero-order valence-corrected chi connectivity index (χ0v) is 29.8. The zero-order valence-electron chi connectivity index (χ0n) is 24.7. The molecule has 2 aliphatic carbocycles. The molecule has 2 aliphatic rings. The topological polar surface area (TPSA) is 0 Å². The van der Waals surface area contributed by atoms with E-state index in [9.17, 15) is 0 Å². The van der Waals surface area contributed by atoms with Crippen molar-refractivity contribution in [1.29, 1.82) is 0 Å². The van der Waals surface area contributed by atoms with Crippen LogP contribution >= 0.6 is 0 Å². The second kappa shape index (κ2) is 15.0. The molecule has 0 bridgehead atoms. The summed E-state index contributed by atoms with van der Waals surface area (Å²) in [6.07, 6.45) is 4.65. The monoisotopic (exact) mass is 680 g/mol. The Kier molecular flexibility index (Phi) is 12.2. The van der Waals surface area contributed by atoms with Crippen molar-refractivity contribution < 1.29 is 51.0 Å². The molecule has 0 nitrogen and oxygen atoms in total. The van der Waals surface area contributed by atoms with Crippen molar-refractivity contribution in [2.75, 3.05) is 0 Å². The number of rotatable bonds is 4. The molecule has 42 heavy (non-hydrogen) atoms. The van der Waals surface area contributed by atoms with E-state index in [1.807, 2.05) is 0 Å². The van der Waals surface area contributed by atoms with Gasteiger partial charge in [0.05, 0.1) is 0 Å². The maximum Gasteiger partial charge on any atom is 3.00 e. The molecule has 2 atom stereocenters. The second-order valence-electron chi connectivity index (χ2n) is 11.0. The number of hydrogen-bond acceptors (Lipinski definition) is 0. The van der Waals surface area contributed by atoms with E-state index in [4.69, 9.17) is 0 Å². The Labute approximate surface area is 285 Å². The van der Waals surface area contributed by atoms with E-state index in [-0.39, 0.29) is 56.9 Å². The predicted octanol–water partition coefficient (Wildman–Crippen LogP) is 3.98. The average Bonchev–Trinajstić information content (AvgIpc) is 3.56. The summed E-state index contributed by atoms with van der Waals surface area (Å²) >= 11 is 0. The van der Waals surface area contributed by atoms with E-state index in [0.29, 0.717) is 5.92 Å². The molecule has 5 aromatic rings. The third-order valence-electron chi connectivity index (χ3n) is 8.44. The Balaban J connectivity index is 0.000000776. The van der Waals surface area contributed by atoms with E-state index in [0.717, 1.165) is 22.4 Å². The zero-order chi connectivity index (χ0) is 26.9. The normalized spacial score (nSPS) is 14.5. The summed E-state index contributed by atoms with van der Waals surface area (Å²) in [7, 11) is 0.750. The van der Waals surface area contributed by atoms with Gasteiger partial charge in [0.15, 0.2) is 0 Å². The van der Waals surface area contributed by atoms with Gasteiger partial charge in [-0.05, 0) is 69.0 Å². The van der Waals surface area contributed by atoms with Crippen LogP contribution in [0.25, 0.3) is 39.1 Å². The smallest absolute Gasteiger partial charge is 1.00 e. The molecule has 0 N–H and O–H groups in total. The van der Waals surface area contributed by atoms with Crippen molar-refractivity contribution in [2.45, 2.75) is 45.7 Å². The fourth-order valence-electron chi connectivity index (χ4n) is 6.39. The molecule has 0 aromatic heterocycles. The predicted molar refractivity (Wildman–Crippen MR) is 171 cm³/mol. The molecule has 5 aromatic carbocycles. The molecule has 0 saturated carbocycles. The Morgan fingerprint density at radius 1 is 0.810 bits per heavy atom. The van der Waals surface area contributed by atoms with E-state index in [1.165, 1.54) is 66.4 Å². The van der Waals surface area contributed by atoms with Gasteiger partial charge in [0.1, 0.15) is 0 Å². The Morgan fingerprint density at radius 3 is 2.26 bits per heavy atom. The molecule has 210 valence electrons. The average molecular weight is 683 g/mol. The van der Waals surface area contributed by atoms with Crippen LogP contribution in [0.1, 0.15) is 54.0 Å². The molecule has 0 saturated heterocycles. The van der Waals surface area contributed by atoms with Gasteiger partial charge in [-0.3, -0.25) is 0 Å². The number of benzene rings is 5. The molecule has 2 radical (unpaired) electrons. The maximum atomic E-state index is 3.74. The van der Waals surface area contributed by atoms with E-state index < -0.39 is 0 Å². The van der Waals surface area contributed by atoms with Crippen molar-refractivity contribution in [3.63, 3.8) is 0 Å². The van der Waals surface area contributed by atoms with Gasteiger partial charge in [-0.2, -0.15) is 18.2 Å². The third kappa shape index (κ3) is 6.20. The summed E-state index contributed by atoms with van der Waals surface area (Å²) in [5.41, 5.74) is 14.0. The molecule has 0 aliphatic heterocycles. The first kappa shape index (κ1) is 34.3. The van der Waals surface area contributed by atoms with Gasteiger partial charge in [0, 0.05) is 15.4 Å². The molecular weight excluding hydrogens is 647 g/mol. The van der Waals surface area contributed by atoms with Gasteiger partial charge in [0.2, 0.25) is 0 Å². The quantitative estimate of drug-likeness (QED) is 0.195. The Bertz CT molecular complexity index is 1710. The van der Waals surface area contributed by atoms with Crippen LogP contribution < -0.4 is 24.8 Å². The van der Waals surface area contributed by atoms with Crippen LogP contribution in [0.15, 0.2) is 103 Å². The van der Waals surface area contributed by atoms with Crippen LogP contribution in [0.3, 0.4) is 0 Å². The van der Waals surface area contributed by atoms with Crippen LogP contribution in [0.5, 0.6) is 0 Å². The molecule has 0 fully saturated rings. The van der Waals surface area contributed by atoms with Gasteiger partial charge >= 0.3 is 26.2 Å². The van der Waals surface area contributed by atoms with Crippen molar-refractivity contribution >= 4 is 26.4 Å². The second-order valence-corrected chi connectivity index (χ2v) is 12.1. The van der Waals surface area contributed by atoms with Crippen molar-refractivity contribution in [3.8, 4) is 22.3 Å². The summed E-state index contributed by atoms with van der Waals surface area (Å²) in [5, 5.41) is 2.58. The SMILES string of the molecule is CCC(C)C1=Cc2c(-c3ccc4ccccc4c3)cccc2C1c1[c-]ccc2c1Cc1ccccc1-2.C[SiH]C.[Cl-].[Cl-].[Zr+3]. The van der Waals surface area contributed by atoms with E-state index >= 15 is 0 Å². The molecular formula is C38H36Cl2SiZr. The standard InChI is InChI=1S/C36H29.C2H7Si.2ClH.Zr/c1-3-23(2)33-22-35-29(27-19-18-24-10-4-5-11-25(24)20-27)14-8-16-32(35)36(33)31-17-9-15-30-28-13-7-6-12-26(28)21-34(30)31;1-3-2;;;/h4-16,18-20,22-23,36H,3,21H2,1-2H3;3H,1-2H3;2*1H;/q-1;;;;+3/p-2. The molecule has 0 amide bonds. The molecule has 7 rings (SSSR count). The summed E-state index contributed by atoms with van der Waals surface area (Å²) in [4.78, 5) is 0. The number of hydrogen-bond donors (Lipinski definition) is 0. The van der Waals surface area contributed by atoms with Crippen LogP contribution in [-0.2, 0) is 32.6 Å². The van der Waals surface area contributed by atoms with Crippen LogP contribution in [-0.4, -0.2) is 9.52 Å². The summed E-state index contributed by atoms with van der Waals surface area (Å²) in [5.74, 6) is 0.777. The Hall–Kier alpha value is -2.22. The number of halogens is 2. The summed E-state index contributed by atoms with van der Waals surface area (Å²) < 4.78 is 0. The van der Waals surface area contributed by atoms with Crippen molar-refractivity contribution in [2.24, 2.45) is 5.92 Å². The number of allylic oxidation sites excluding steroid dienone is 1. The fraction of sp³-hybridized carbons (Fsp3) is 0.211. The minimum atomic E-state index is 0. The first-order valence-corrected chi connectivity index (χ1v) is 16.6. The molecule has 2 unspecified atom stereocenters. The van der Waals surface area contributed by atoms with Crippen molar-refractivity contribution in [1.82, 2.24) is 0 Å². The molecule has 0 spiro atoms. The first-order chi connectivity index (χ1) is 19.1. The molecule has 0 heterocycles. The van der Waals surface area contributed by atoms with Crippen LogP contribution in [0, 0.1) is 12.0 Å². The van der Waals surface area contributed by atoms with Gasteiger partial charge < -0.3 is 24.8 Å². The van der Waals surface area contributed by atoms with E-state index in [1.54, 1.807) is 0 Å². The number of fused-ring (bicyclic) bond motifs is 5. The largest absolute Gasteiger partial charge is 3.00 e. The van der Waals surface area contributed by atoms with Gasteiger partial charge in [-0.1, -0.05) is 117 Å². The van der Waals surface area contributed by atoms with Crippen molar-refractivity contribution in [3.05, 3.63) is 137 Å². The van der Waals surface area contributed by atoms with Crippen LogP contribution in [0.2, 0.25) is 13.1 Å². The van der Waals surface area contributed by atoms with Gasteiger partial charge in [0.25, 0.3) is 0 Å². The van der Waals surface area contributed by atoms with Gasteiger partial charge in [-0.15, -0.1) is 16.7 Å². The maximum absolute atomic E-state index is 3.74. The first-order valence-electron chi connectivity index (χ1n) is 14.3. The van der Waals surface area contributed by atoms with Gasteiger partial charge in [-0.25, -0.2) is 0 Å². The summed E-state index contributed by atoms with van der Waals surface area (Å²) in [6.45, 7) is 9.11. The third-order valence-corrected chi connectivity index (χ3v) is 8.44. The Morgan fingerprint density at radius 2 is 1.50 bits per heavy atom. The minimum Gasteiger partial charge on any atom is -1.00 e. The summed E-state index contributed by atoms with van der Waals surface area (Å²) in [6, 6.07) is 39.5. The minimum absolute atomic E-state index is 0. The fourth-order valence-corrected chi connectivity index (χ4v) is 6.39. The van der Waals surface area contributed by atoms with Crippen LogP contribution in [0.4, 0.5) is 0 Å².